The smallest absolute Gasteiger partial charge is 0.377 e. The average Bonchev–Trinajstić information content (AvgIpc) is 2.89. The number of carbonyl (C=O) groups excluding carboxylic acids is 1. The first-order valence-electron chi connectivity index (χ1n) is 6.82. The highest BCUT2D eigenvalue weighted by Gasteiger charge is 2.36. The van der Waals surface area contributed by atoms with Gasteiger partial charge in [0.1, 0.15) is 0 Å². The average molecular weight is 277 g/mol. The molecular formula is C13H20BN3O3. The molecule has 1 amide bonds. The van der Waals surface area contributed by atoms with Crippen molar-refractivity contribution in [2.45, 2.75) is 32.6 Å². The van der Waals surface area contributed by atoms with E-state index in [1.165, 1.54) is 11.1 Å². The van der Waals surface area contributed by atoms with Gasteiger partial charge < -0.3 is 9.83 Å². The second kappa shape index (κ2) is 5.81. The molecule has 2 rings (SSSR count). The van der Waals surface area contributed by atoms with Crippen LogP contribution in [0.1, 0.15) is 18.4 Å². The number of aromatic nitrogens is 1. The molecule has 7 heteroatoms. The molecule has 1 saturated heterocycles. The highest BCUT2D eigenvalue weighted by molar-refractivity contribution is 6.46. The first-order valence-corrected chi connectivity index (χ1v) is 6.82. The summed E-state index contributed by atoms with van der Waals surface area (Å²) in [6, 6.07) is 1.14. The first-order chi connectivity index (χ1) is 9.41. The molecule has 2 heterocycles. The Morgan fingerprint density at radius 3 is 2.85 bits per heavy atom. The van der Waals surface area contributed by atoms with E-state index < -0.39 is 7.05 Å². The molecule has 1 aliphatic heterocycles. The molecule has 6 nitrogen and oxygen atoms in total. The number of amides is 1. The van der Waals surface area contributed by atoms with Crippen LogP contribution in [0.15, 0.2) is 23.3 Å². The number of pyridine rings is 1. The van der Waals surface area contributed by atoms with Crippen LogP contribution in [-0.2, 0) is 4.79 Å². The second-order valence-electron chi connectivity index (χ2n) is 5.26. The maximum Gasteiger partial charge on any atom is 0.377 e. The molecule has 0 bridgehead atoms. The SMILES string of the molecule is CB(O)N1CCC[C@@H]1C(=O)N(C)n1ccc(=O)c(C)c1. The highest BCUT2D eigenvalue weighted by atomic mass is 16.2. The lowest BCUT2D eigenvalue weighted by molar-refractivity contribution is -0.123. The zero-order valence-electron chi connectivity index (χ0n) is 12.1. The van der Waals surface area contributed by atoms with Crippen LogP contribution in [0.4, 0.5) is 0 Å². The van der Waals surface area contributed by atoms with Crippen LogP contribution in [-0.4, -0.2) is 47.1 Å². The summed E-state index contributed by atoms with van der Waals surface area (Å²) in [5, 5.41) is 11.2. The zero-order chi connectivity index (χ0) is 14.9. The highest BCUT2D eigenvalue weighted by Crippen LogP contribution is 2.19. The van der Waals surface area contributed by atoms with E-state index in [0.29, 0.717) is 5.56 Å². The third-order valence-corrected chi connectivity index (χ3v) is 3.82. The summed E-state index contributed by atoms with van der Waals surface area (Å²) < 4.78 is 1.61. The van der Waals surface area contributed by atoms with Gasteiger partial charge in [0.25, 0.3) is 5.91 Å². The summed E-state index contributed by atoms with van der Waals surface area (Å²) in [7, 11) is 1.04. The maximum absolute atomic E-state index is 12.5. The molecule has 20 heavy (non-hydrogen) atoms. The number of rotatable bonds is 3. The quantitative estimate of drug-likeness (QED) is 0.779. The Balaban J connectivity index is 2.19. The summed E-state index contributed by atoms with van der Waals surface area (Å²) in [4.78, 5) is 25.7. The van der Waals surface area contributed by atoms with E-state index in [2.05, 4.69) is 0 Å². The van der Waals surface area contributed by atoms with Gasteiger partial charge in [-0.15, -0.1) is 0 Å². The molecule has 0 radical (unpaired) electrons. The predicted octanol–water partition coefficient (Wildman–Crippen LogP) is -0.174. The molecule has 1 aliphatic rings. The van der Waals surface area contributed by atoms with E-state index >= 15 is 0 Å². The van der Waals surface area contributed by atoms with Crippen molar-refractivity contribution in [2.24, 2.45) is 0 Å². The third kappa shape index (κ3) is 2.78. The molecule has 108 valence electrons. The summed E-state index contributed by atoms with van der Waals surface area (Å²) in [5.41, 5.74) is 0.541. The van der Waals surface area contributed by atoms with Crippen molar-refractivity contribution in [3.8, 4) is 0 Å². The van der Waals surface area contributed by atoms with E-state index in [0.717, 1.165) is 19.4 Å². The Kier molecular flexibility index (Phi) is 4.30. The van der Waals surface area contributed by atoms with Gasteiger partial charge in [-0.3, -0.25) is 19.3 Å². The molecule has 1 aromatic rings. The van der Waals surface area contributed by atoms with Gasteiger partial charge in [-0.2, -0.15) is 0 Å². The van der Waals surface area contributed by atoms with Crippen molar-refractivity contribution in [3.63, 3.8) is 0 Å². The monoisotopic (exact) mass is 277 g/mol. The Morgan fingerprint density at radius 1 is 1.55 bits per heavy atom. The van der Waals surface area contributed by atoms with Crippen LogP contribution in [0.3, 0.4) is 0 Å². The van der Waals surface area contributed by atoms with Gasteiger partial charge >= 0.3 is 7.05 Å². The van der Waals surface area contributed by atoms with E-state index in [-0.39, 0.29) is 17.4 Å². The minimum atomic E-state index is -0.629. The minimum absolute atomic E-state index is 0.0476. The summed E-state index contributed by atoms with van der Waals surface area (Å²) in [5.74, 6) is -0.0774. The fraction of sp³-hybridized carbons (Fsp3) is 0.538. The Labute approximate surface area is 118 Å². The molecule has 1 atom stereocenters. The van der Waals surface area contributed by atoms with Crippen molar-refractivity contribution in [3.05, 3.63) is 34.2 Å². The molecule has 0 unspecified atom stereocenters. The van der Waals surface area contributed by atoms with Gasteiger partial charge in [0.05, 0.1) is 6.04 Å². The van der Waals surface area contributed by atoms with Gasteiger partial charge in [0.15, 0.2) is 5.43 Å². The van der Waals surface area contributed by atoms with E-state index in [1.807, 2.05) is 0 Å². The van der Waals surface area contributed by atoms with Crippen LogP contribution in [0.5, 0.6) is 0 Å². The lowest BCUT2D eigenvalue weighted by Crippen LogP contribution is -2.52. The van der Waals surface area contributed by atoms with Crippen LogP contribution < -0.4 is 10.4 Å². The van der Waals surface area contributed by atoms with Crippen molar-refractivity contribution in [1.29, 1.82) is 0 Å². The molecule has 1 fully saturated rings. The molecule has 0 spiro atoms. The Bertz CT molecular complexity index is 558. The molecule has 1 N–H and O–H groups in total. The van der Waals surface area contributed by atoms with E-state index in [4.69, 9.17) is 0 Å². The first kappa shape index (κ1) is 14.8. The number of aryl methyl sites for hydroxylation is 1. The number of hydrogen-bond acceptors (Lipinski definition) is 4. The van der Waals surface area contributed by atoms with Crippen molar-refractivity contribution >= 4 is 13.0 Å². The zero-order valence-corrected chi connectivity index (χ0v) is 12.1. The Hall–Kier alpha value is -1.60. The summed E-state index contributed by atoms with van der Waals surface area (Å²) in [6.07, 6.45) is 4.86. The van der Waals surface area contributed by atoms with E-state index in [1.54, 1.807) is 42.7 Å². The molecule has 0 saturated carbocycles. The largest absolute Gasteiger partial charge is 0.437 e. The van der Waals surface area contributed by atoms with Gasteiger partial charge in [0, 0.05) is 31.1 Å². The van der Waals surface area contributed by atoms with Crippen LogP contribution in [0.2, 0.25) is 6.82 Å². The van der Waals surface area contributed by atoms with Gasteiger partial charge in [0.2, 0.25) is 0 Å². The second-order valence-corrected chi connectivity index (χ2v) is 5.26. The minimum Gasteiger partial charge on any atom is -0.437 e. The number of hydrogen-bond donors (Lipinski definition) is 1. The normalized spacial score (nSPS) is 19.1. The third-order valence-electron chi connectivity index (χ3n) is 3.82. The predicted molar refractivity (Wildman–Crippen MR) is 78.2 cm³/mol. The number of likely N-dealkylation sites (N-methyl/N-ethyl adjacent to an activating group) is 1. The molecular weight excluding hydrogens is 257 g/mol. The number of carbonyl (C=O) groups is 1. The fourth-order valence-electron chi connectivity index (χ4n) is 2.60. The van der Waals surface area contributed by atoms with Gasteiger partial charge in [-0.1, -0.05) is 0 Å². The van der Waals surface area contributed by atoms with Crippen LogP contribution in [0.25, 0.3) is 0 Å². The topological polar surface area (TPSA) is 65.8 Å². The summed E-state index contributed by atoms with van der Waals surface area (Å²) >= 11 is 0. The molecule has 1 aromatic heterocycles. The lowest BCUT2D eigenvalue weighted by Gasteiger charge is -2.29. The molecule has 0 aliphatic carbocycles. The van der Waals surface area contributed by atoms with Crippen molar-refractivity contribution in [2.75, 3.05) is 18.6 Å². The summed E-state index contributed by atoms with van der Waals surface area (Å²) in [6.45, 7) is 4.12. The maximum atomic E-state index is 12.5. The lowest BCUT2D eigenvalue weighted by atomic mass is 9.84. The Morgan fingerprint density at radius 2 is 2.25 bits per heavy atom. The van der Waals surface area contributed by atoms with Crippen LogP contribution >= 0.6 is 0 Å². The van der Waals surface area contributed by atoms with Crippen molar-refractivity contribution in [1.82, 2.24) is 9.49 Å². The molecule has 0 aromatic carbocycles. The van der Waals surface area contributed by atoms with Gasteiger partial charge in [-0.05, 0) is 33.1 Å². The fourth-order valence-corrected chi connectivity index (χ4v) is 2.60. The van der Waals surface area contributed by atoms with E-state index in [9.17, 15) is 14.6 Å². The van der Waals surface area contributed by atoms with Gasteiger partial charge in [-0.25, -0.2) is 0 Å². The van der Waals surface area contributed by atoms with Crippen LogP contribution in [0, 0.1) is 6.92 Å². The number of nitrogens with zero attached hydrogens (tertiary/aromatic N) is 3. The standard InChI is InChI=1S/C13H20BN3O3/c1-10-9-16(8-6-12(10)18)15(3)13(19)11-5-4-7-17(11)14(2)20/h6,8-9,11,20H,4-5,7H2,1-3H3/t11-/m1/s1. The van der Waals surface area contributed by atoms with Crippen molar-refractivity contribution < 1.29 is 9.82 Å².